The Balaban J connectivity index is 1.96. The molecule has 0 aromatic heterocycles. The van der Waals surface area contributed by atoms with Crippen molar-refractivity contribution in [3.8, 4) is 5.75 Å². The summed E-state index contributed by atoms with van der Waals surface area (Å²) in [6.45, 7) is 7.02. The molecule has 2 aliphatic rings. The summed E-state index contributed by atoms with van der Waals surface area (Å²) in [7, 11) is 0. The number of halogens is 1. The lowest BCUT2D eigenvalue weighted by molar-refractivity contribution is -0.0570. The highest BCUT2D eigenvalue weighted by Gasteiger charge is 2.48. The SMILES string of the molecule is CC1CC(C)(C)CC2(C1)CC(N)c1cc(Cl)ccc1O2. The predicted molar refractivity (Wildman–Crippen MR) is 83.2 cm³/mol. The molecule has 2 N–H and O–H groups in total. The van der Waals surface area contributed by atoms with Crippen LogP contribution in [0.15, 0.2) is 18.2 Å². The zero-order valence-corrected chi connectivity index (χ0v) is 13.3. The normalized spacial score (nSPS) is 35.5. The molecule has 1 fully saturated rings. The summed E-state index contributed by atoms with van der Waals surface area (Å²) in [4.78, 5) is 0. The minimum absolute atomic E-state index is 0.0264. The van der Waals surface area contributed by atoms with Crippen molar-refractivity contribution in [1.82, 2.24) is 0 Å². The first kappa shape index (κ1) is 14.2. The van der Waals surface area contributed by atoms with E-state index >= 15 is 0 Å². The van der Waals surface area contributed by atoms with Crippen molar-refractivity contribution in [2.24, 2.45) is 17.1 Å². The van der Waals surface area contributed by atoms with E-state index in [9.17, 15) is 0 Å². The van der Waals surface area contributed by atoms with E-state index in [1.165, 1.54) is 6.42 Å². The molecule has 20 heavy (non-hydrogen) atoms. The van der Waals surface area contributed by atoms with Crippen molar-refractivity contribution in [3.05, 3.63) is 28.8 Å². The highest BCUT2D eigenvalue weighted by atomic mass is 35.5. The van der Waals surface area contributed by atoms with Gasteiger partial charge in [-0.15, -0.1) is 0 Å². The maximum absolute atomic E-state index is 6.45. The molecule has 0 radical (unpaired) electrons. The molecule has 3 unspecified atom stereocenters. The molecular formula is C17H24ClNO. The van der Waals surface area contributed by atoms with Crippen LogP contribution in [0.5, 0.6) is 5.75 Å². The summed E-state index contributed by atoms with van der Waals surface area (Å²) < 4.78 is 6.45. The number of benzene rings is 1. The van der Waals surface area contributed by atoms with Crippen molar-refractivity contribution in [1.29, 1.82) is 0 Å². The van der Waals surface area contributed by atoms with Crippen LogP contribution in [-0.4, -0.2) is 5.60 Å². The zero-order valence-electron chi connectivity index (χ0n) is 12.6. The first-order chi connectivity index (χ1) is 9.29. The smallest absolute Gasteiger partial charge is 0.125 e. The highest BCUT2D eigenvalue weighted by Crippen LogP contribution is 2.52. The van der Waals surface area contributed by atoms with E-state index in [4.69, 9.17) is 22.1 Å². The van der Waals surface area contributed by atoms with Gasteiger partial charge in [0.2, 0.25) is 0 Å². The molecule has 110 valence electrons. The van der Waals surface area contributed by atoms with Crippen LogP contribution in [0.3, 0.4) is 0 Å². The first-order valence-electron chi connectivity index (χ1n) is 7.53. The summed E-state index contributed by atoms with van der Waals surface area (Å²) >= 11 is 6.08. The Labute approximate surface area is 126 Å². The highest BCUT2D eigenvalue weighted by molar-refractivity contribution is 6.30. The van der Waals surface area contributed by atoms with Crippen LogP contribution >= 0.6 is 11.6 Å². The van der Waals surface area contributed by atoms with E-state index in [0.29, 0.717) is 11.3 Å². The van der Waals surface area contributed by atoms with Crippen molar-refractivity contribution < 1.29 is 4.74 Å². The van der Waals surface area contributed by atoms with Crippen LogP contribution in [0.1, 0.15) is 58.1 Å². The molecule has 2 nitrogen and oxygen atoms in total. The van der Waals surface area contributed by atoms with Crippen molar-refractivity contribution in [2.75, 3.05) is 0 Å². The van der Waals surface area contributed by atoms with Gasteiger partial charge in [-0.05, 0) is 48.8 Å². The molecule has 1 spiro atoms. The summed E-state index contributed by atoms with van der Waals surface area (Å²) in [5.74, 6) is 1.61. The Hall–Kier alpha value is -0.730. The summed E-state index contributed by atoms with van der Waals surface area (Å²) in [5.41, 5.74) is 7.70. The molecule has 1 heterocycles. The van der Waals surface area contributed by atoms with E-state index in [1.807, 2.05) is 18.2 Å². The van der Waals surface area contributed by atoms with Crippen molar-refractivity contribution in [3.63, 3.8) is 0 Å². The molecule has 1 saturated carbocycles. The van der Waals surface area contributed by atoms with Gasteiger partial charge in [0.05, 0.1) is 0 Å². The Morgan fingerprint density at radius 1 is 1.25 bits per heavy atom. The molecule has 0 bridgehead atoms. The average Bonchev–Trinajstić information content (AvgIpc) is 2.27. The lowest BCUT2D eigenvalue weighted by atomic mass is 9.63. The van der Waals surface area contributed by atoms with Crippen LogP contribution in [0.25, 0.3) is 0 Å². The molecule has 1 aromatic rings. The summed E-state index contributed by atoms with van der Waals surface area (Å²) in [6.07, 6.45) is 4.35. The standard InChI is InChI=1S/C17H24ClNO/c1-11-7-16(2,3)10-17(8-11)9-14(19)13-6-12(18)4-5-15(13)20-17/h4-6,11,14H,7-10,19H2,1-3H3. The van der Waals surface area contributed by atoms with Gasteiger partial charge in [-0.3, -0.25) is 0 Å². The van der Waals surface area contributed by atoms with Gasteiger partial charge < -0.3 is 10.5 Å². The zero-order chi connectivity index (χ0) is 14.5. The molecule has 1 aromatic carbocycles. The van der Waals surface area contributed by atoms with Gasteiger partial charge in [0.25, 0.3) is 0 Å². The fourth-order valence-electron chi connectivity index (χ4n) is 4.59. The summed E-state index contributed by atoms with van der Waals surface area (Å²) in [5, 5.41) is 0.732. The van der Waals surface area contributed by atoms with E-state index in [2.05, 4.69) is 20.8 Å². The van der Waals surface area contributed by atoms with Crippen molar-refractivity contribution in [2.45, 2.75) is 58.1 Å². The van der Waals surface area contributed by atoms with E-state index in [1.54, 1.807) is 0 Å². The van der Waals surface area contributed by atoms with Gasteiger partial charge in [-0.1, -0.05) is 32.4 Å². The second-order valence-electron chi connectivity index (χ2n) is 7.63. The Kier molecular flexibility index (Phi) is 3.30. The fourth-order valence-corrected chi connectivity index (χ4v) is 4.77. The summed E-state index contributed by atoms with van der Waals surface area (Å²) in [6, 6.07) is 5.85. The maximum atomic E-state index is 6.45. The Morgan fingerprint density at radius 2 is 2.00 bits per heavy atom. The van der Waals surface area contributed by atoms with Gasteiger partial charge >= 0.3 is 0 Å². The lowest BCUT2D eigenvalue weighted by Gasteiger charge is -2.50. The molecular weight excluding hydrogens is 270 g/mol. The molecule has 3 rings (SSSR count). The van der Waals surface area contributed by atoms with Gasteiger partial charge in [-0.2, -0.15) is 0 Å². The lowest BCUT2D eigenvalue weighted by Crippen LogP contribution is -2.50. The minimum atomic E-state index is -0.0958. The molecule has 0 saturated heterocycles. The second-order valence-corrected chi connectivity index (χ2v) is 8.07. The van der Waals surface area contributed by atoms with Crippen LogP contribution in [0.2, 0.25) is 5.02 Å². The first-order valence-corrected chi connectivity index (χ1v) is 7.91. The number of fused-ring (bicyclic) bond motifs is 1. The third kappa shape index (κ3) is 2.56. The molecule has 1 aliphatic heterocycles. The average molecular weight is 294 g/mol. The van der Waals surface area contributed by atoms with Crippen LogP contribution in [0, 0.1) is 11.3 Å². The van der Waals surface area contributed by atoms with Gasteiger partial charge in [-0.25, -0.2) is 0 Å². The monoisotopic (exact) mass is 293 g/mol. The molecule has 3 heteroatoms. The minimum Gasteiger partial charge on any atom is -0.487 e. The number of ether oxygens (including phenoxy) is 1. The van der Waals surface area contributed by atoms with E-state index < -0.39 is 0 Å². The van der Waals surface area contributed by atoms with Gasteiger partial charge in [0, 0.05) is 23.0 Å². The van der Waals surface area contributed by atoms with Crippen LogP contribution in [0.4, 0.5) is 0 Å². The Morgan fingerprint density at radius 3 is 2.70 bits per heavy atom. The van der Waals surface area contributed by atoms with Gasteiger partial charge in [0.1, 0.15) is 11.4 Å². The Bertz CT molecular complexity index is 528. The third-order valence-electron chi connectivity index (χ3n) is 4.71. The number of hydrogen-bond donors (Lipinski definition) is 1. The fraction of sp³-hybridized carbons (Fsp3) is 0.647. The number of rotatable bonds is 0. The van der Waals surface area contributed by atoms with E-state index in [0.717, 1.165) is 35.6 Å². The maximum Gasteiger partial charge on any atom is 0.125 e. The van der Waals surface area contributed by atoms with Crippen LogP contribution in [-0.2, 0) is 0 Å². The topological polar surface area (TPSA) is 35.2 Å². The van der Waals surface area contributed by atoms with Crippen molar-refractivity contribution >= 4 is 11.6 Å². The molecule has 3 atom stereocenters. The predicted octanol–water partition coefficient (Wildman–Crippen LogP) is 4.71. The second kappa shape index (κ2) is 4.64. The molecule has 1 aliphatic carbocycles. The molecule has 0 amide bonds. The van der Waals surface area contributed by atoms with E-state index in [-0.39, 0.29) is 11.6 Å². The van der Waals surface area contributed by atoms with Crippen LogP contribution < -0.4 is 10.5 Å². The quantitative estimate of drug-likeness (QED) is 0.752. The number of nitrogens with two attached hydrogens (primary N) is 1. The largest absolute Gasteiger partial charge is 0.487 e. The van der Waals surface area contributed by atoms with Gasteiger partial charge in [0.15, 0.2) is 0 Å². The number of hydrogen-bond acceptors (Lipinski definition) is 2. The third-order valence-corrected chi connectivity index (χ3v) is 4.95.